The van der Waals surface area contributed by atoms with E-state index >= 15 is 0 Å². The molecule has 0 bridgehead atoms. The second kappa shape index (κ2) is 14.8. The third-order valence-corrected chi connectivity index (χ3v) is 3.74. The van der Waals surface area contributed by atoms with Crippen molar-refractivity contribution in [3.05, 3.63) is 12.2 Å². The molecule has 0 aliphatic carbocycles. The summed E-state index contributed by atoms with van der Waals surface area (Å²) in [7, 11) is 0. The Labute approximate surface area is 136 Å². The minimum atomic E-state index is -0.192. The van der Waals surface area contributed by atoms with Crippen LogP contribution >= 0.6 is 0 Å². The number of unbranched alkanes of at least 4 members (excludes halogenated alkanes) is 6. The Morgan fingerprint density at radius 3 is 2.18 bits per heavy atom. The van der Waals surface area contributed by atoms with Crippen LogP contribution in [0.2, 0.25) is 0 Å². The first-order valence-electron chi connectivity index (χ1n) is 8.90. The number of ether oxygens (including phenoxy) is 1. The zero-order valence-electron chi connectivity index (χ0n) is 14.7. The molecule has 3 nitrogen and oxygen atoms in total. The van der Waals surface area contributed by atoms with Crippen molar-refractivity contribution in [1.29, 1.82) is 0 Å². The molecule has 3 heteroatoms. The maximum Gasteiger partial charge on any atom is 0.302 e. The highest BCUT2D eigenvalue weighted by Crippen LogP contribution is 2.09. The van der Waals surface area contributed by atoms with E-state index in [9.17, 15) is 9.59 Å². The quantitative estimate of drug-likeness (QED) is 0.246. The van der Waals surface area contributed by atoms with Crippen molar-refractivity contribution in [1.82, 2.24) is 0 Å². The van der Waals surface area contributed by atoms with E-state index in [4.69, 9.17) is 4.74 Å². The van der Waals surface area contributed by atoms with Crippen LogP contribution in [-0.4, -0.2) is 17.9 Å². The van der Waals surface area contributed by atoms with Crippen LogP contribution in [-0.2, 0) is 14.3 Å². The summed E-state index contributed by atoms with van der Waals surface area (Å²) in [6.45, 7) is 5.34. The standard InChI is InChI=1S/C19H34O3/c1-4-19(21)16-14-12-10-8-6-5-7-9-11-13-15-17(2)22-18(3)20/h7,9,17H,4-6,8,10-16H2,1-3H3. The van der Waals surface area contributed by atoms with Crippen LogP contribution in [0.5, 0.6) is 0 Å². The van der Waals surface area contributed by atoms with Crippen molar-refractivity contribution in [2.24, 2.45) is 0 Å². The van der Waals surface area contributed by atoms with Gasteiger partial charge in [0.05, 0.1) is 6.10 Å². The van der Waals surface area contributed by atoms with Crippen LogP contribution in [0.15, 0.2) is 12.2 Å². The first kappa shape index (κ1) is 20.9. The molecule has 0 aliphatic heterocycles. The van der Waals surface area contributed by atoms with E-state index in [0.717, 1.165) is 38.5 Å². The van der Waals surface area contributed by atoms with E-state index < -0.39 is 0 Å². The Balaban J connectivity index is 3.27. The van der Waals surface area contributed by atoms with Crippen LogP contribution in [0.4, 0.5) is 0 Å². The van der Waals surface area contributed by atoms with Crippen molar-refractivity contribution in [2.45, 2.75) is 97.5 Å². The van der Waals surface area contributed by atoms with Gasteiger partial charge in [0.1, 0.15) is 5.78 Å². The number of allylic oxidation sites excluding steroid dienone is 2. The van der Waals surface area contributed by atoms with Gasteiger partial charge in [0.25, 0.3) is 0 Å². The number of ketones is 1. The summed E-state index contributed by atoms with van der Waals surface area (Å²) in [4.78, 5) is 21.9. The van der Waals surface area contributed by atoms with Gasteiger partial charge in [0.15, 0.2) is 0 Å². The van der Waals surface area contributed by atoms with E-state index in [-0.39, 0.29) is 12.1 Å². The molecule has 0 saturated carbocycles. The fourth-order valence-corrected chi connectivity index (χ4v) is 2.39. The van der Waals surface area contributed by atoms with Crippen LogP contribution in [0.1, 0.15) is 91.4 Å². The number of Topliss-reactive ketones (excluding diaryl/α,β-unsaturated/α-hetero) is 1. The lowest BCUT2D eigenvalue weighted by atomic mass is 10.1. The van der Waals surface area contributed by atoms with Gasteiger partial charge in [-0.3, -0.25) is 9.59 Å². The van der Waals surface area contributed by atoms with Gasteiger partial charge in [-0.2, -0.15) is 0 Å². The Hall–Kier alpha value is -1.12. The first-order valence-corrected chi connectivity index (χ1v) is 8.90. The topological polar surface area (TPSA) is 43.4 Å². The summed E-state index contributed by atoms with van der Waals surface area (Å²) in [5.74, 6) is 0.202. The molecule has 0 radical (unpaired) electrons. The molecule has 0 amide bonds. The normalized spacial score (nSPS) is 12.5. The average Bonchev–Trinajstić information content (AvgIpc) is 2.47. The Bertz CT molecular complexity index is 321. The van der Waals surface area contributed by atoms with Gasteiger partial charge < -0.3 is 4.74 Å². The maximum atomic E-state index is 11.1. The van der Waals surface area contributed by atoms with Crippen LogP contribution in [0, 0.1) is 0 Å². The smallest absolute Gasteiger partial charge is 0.302 e. The summed E-state index contributed by atoms with van der Waals surface area (Å²) in [5.41, 5.74) is 0. The zero-order chi connectivity index (χ0) is 16.6. The van der Waals surface area contributed by atoms with E-state index in [1.807, 2.05) is 13.8 Å². The van der Waals surface area contributed by atoms with Gasteiger partial charge in [-0.25, -0.2) is 0 Å². The van der Waals surface area contributed by atoms with Crippen molar-refractivity contribution >= 4 is 11.8 Å². The van der Waals surface area contributed by atoms with Gasteiger partial charge in [-0.15, -0.1) is 0 Å². The summed E-state index contributed by atoms with van der Waals surface area (Å²) in [6.07, 6.45) is 16.2. The fourth-order valence-electron chi connectivity index (χ4n) is 2.39. The van der Waals surface area contributed by atoms with Crippen molar-refractivity contribution in [2.75, 3.05) is 0 Å². The molecule has 22 heavy (non-hydrogen) atoms. The summed E-state index contributed by atoms with van der Waals surface area (Å²) in [6, 6.07) is 0. The van der Waals surface area contributed by atoms with Crippen molar-refractivity contribution < 1.29 is 14.3 Å². The number of carbonyl (C=O) groups excluding carboxylic acids is 2. The molecular weight excluding hydrogens is 276 g/mol. The molecule has 0 heterocycles. The van der Waals surface area contributed by atoms with Crippen LogP contribution < -0.4 is 0 Å². The minimum absolute atomic E-state index is 0.0329. The predicted molar refractivity (Wildman–Crippen MR) is 91.8 cm³/mol. The highest BCUT2D eigenvalue weighted by atomic mass is 16.5. The molecule has 0 fully saturated rings. The van der Waals surface area contributed by atoms with E-state index in [0.29, 0.717) is 12.2 Å². The molecule has 0 spiro atoms. The summed E-state index contributed by atoms with van der Waals surface area (Å²) in [5, 5.41) is 0. The van der Waals surface area contributed by atoms with Gasteiger partial charge in [-0.1, -0.05) is 38.3 Å². The molecule has 0 N–H and O–H groups in total. The highest BCUT2D eigenvalue weighted by Gasteiger charge is 2.03. The van der Waals surface area contributed by atoms with Crippen LogP contribution in [0.25, 0.3) is 0 Å². The molecular formula is C19H34O3. The lowest BCUT2D eigenvalue weighted by Gasteiger charge is -2.10. The predicted octanol–water partition coefficient (Wildman–Crippen LogP) is 5.37. The molecule has 1 unspecified atom stereocenters. The van der Waals surface area contributed by atoms with Crippen molar-refractivity contribution in [3.63, 3.8) is 0 Å². The molecule has 0 aromatic rings. The molecule has 0 saturated heterocycles. The third-order valence-electron chi connectivity index (χ3n) is 3.74. The number of rotatable bonds is 14. The van der Waals surface area contributed by atoms with Gasteiger partial charge in [0.2, 0.25) is 0 Å². The number of esters is 1. The number of carbonyl (C=O) groups is 2. The second-order valence-corrected chi connectivity index (χ2v) is 6.02. The lowest BCUT2D eigenvalue weighted by Crippen LogP contribution is -2.11. The monoisotopic (exact) mass is 310 g/mol. The summed E-state index contributed by atoms with van der Waals surface area (Å²) < 4.78 is 5.08. The van der Waals surface area contributed by atoms with Gasteiger partial charge >= 0.3 is 5.97 Å². The molecule has 0 aromatic heterocycles. The lowest BCUT2D eigenvalue weighted by molar-refractivity contribution is -0.145. The Morgan fingerprint density at radius 2 is 1.55 bits per heavy atom. The van der Waals surface area contributed by atoms with Gasteiger partial charge in [-0.05, 0) is 45.4 Å². The first-order chi connectivity index (χ1) is 10.6. The summed E-state index contributed by atoms with van der Waals surface area (Å²) >= 11 is 0. The molecule has 0 aromatic carbocycles. The van der Waals surface area contributed by atoms with Gasteiger partial charge in [0, 0.05) is 19.8 Å². The Kier molecular flexibility index (Phi) is 14.0. The van der Waals surface area contributed by atoms with E-state index in [2.05, 4.69) is 12.2 Å². The largest absolute Gasteiger partial charge is 0.463 e. The van der Waals surface area contributed by atoms with E-state index in [1.54, 1.807) is 0 Å². The van der Waals surface area contributed by atoms with Crippen molar-refractivity contribution in [3.8, 4) is 0 Å². The van der Waals surface area contributed by atoms with Crippen LogP contribution in [0.3, 0.4) is 0 Å². The maximum absolute atomic E-state index is 11.1. The molecule has 0 rings (SSSR count). The average molecular weight is 310 g/mol. The SMILES string of the molecule is CCC(=O)CCCCCCCC=CCCCC(C)OC(C)=O. The second-order valence-electron chi connectivity index (χ2n) is 6.02. The minimum Gasteiger partial charge on any atom is -0.463 e. The number of hydrogen-bond acceptors (Lipinski definition) is 3. The molecule has 128 valence electrons. The fraction of sp³-hybridized carbons (Fsp3) is 0.789. The molecule has 1 atom stereocenters. The third kappa shape index (κ3) is 15.3. The Morgan fingerprint density at radius 1 is 0.955 bits per heavy atom. The zero-order valence-corrected chi connectivity index (χ0v) is 14.7. The highest BCUT2D eigenvalue weighted by molar-refractivity contribution is 5.77. The molecule has 0 aliphatic rings. The van der Waals surface area contributed by atoms with E-state index in [1.165, 1.54) is 32.6 Å². The number of hydrogen-bond donors (Lipinski definition) is 0.